The molecule has 1 aliphatic heterocycles. The van der Waals surface area contributed by atoms with Gasteiger partial charge in [-0.2, -0.15) is 0 Å². The Bertz CT molecular complexity index is 320. The Morgan fingerprint density at radius 3 is 2.53 bits per heavy atom. The number of hydrogen-bond acceptors (Lipinski definition) is 4. The normalized spacial score (nSPS) is 19.9. The lowest BCUT2D eigenvalue weighted by Gasteiger charge is -2.23. The van der Waals surface area contributed by atoms with E-state index in [9.17, 15) is 0 Å². The third kappa shape index (κ3) is 3.91. The van der Waals surface area contributed by atoms with E-state index >= 15 is 0 Å². The average Bonchev–Trinajstić information content (AvgIpc) is 2.40. The molecule has 1 N–H and O–H groups in total. The molecule has 0 spiro atoms. The molecular weight excluding hydrogens is 218 g/mol. The van der Waals surface area contributed by atoms with E-state index in [4.69, 9.17) is 14.2 Å². The Morgan fingerprint density at radius 1 is 1.24 bits per heavy atom. The maximum absolute atomic E-state index is 5.68. The van der Waals surface area contributed by atoms with Crippen LogP contribution in [0.15, 0.2) is 24.3 Å². The molecule has 2 rings (SSSR count). The standard InChI is InChI=1S/C13H19NO3/c1-2-16-12-3-5-13(6-4-12)17-10-11-9-15-8-7-14-11/h3-6,11,14H,2,7-10H2,1H3. The quantitative estimate of drug-likeness (QED) is 0.841. The summed E-state index contributed by atoms with van der Waals surface area (Å²) in [6, 6.07) is 7.98. The van der Waals surface area contributed by atoms with Gasteiger partial charge in [0.2, 0.25) is 0 Å². The van der Waals surface area contributed by atoms with E-state index in [2.05, 4.69) is 5.32 Å². The summed E-state index contributed by atoms with van der Waals surface area (Å²) in [7, 11) is 0. The van der Waals surface area contributed by atoms with E-state index in [1.165, 1.54) is 0 Å². The van der Waals surface area contributed by atoms with Crippen molar-refractivity contribution in [2.45, 2.75) is 13.0 Å². The van der Waals surface area contributed by atoms with Crippen molar-refractivity contribution in [2.75, 3.05) is 33.0 Å². The number of hydrogen-bond donors (Lipinski definition) is 1. The van der Waals surface area contributed by atoms with Crippen LogP contribution in [0.5, 0.6) is 11.5 Å². The number of morpholine rings is 1. The van der Waals surface area contributed by atoms with Crippen molar-refractivity contribution in [3.8, 4) is 11.5 Å². The average molecular weight is 237 g/mol. The zero-order valence-corrected chi connectivity index (χ0v) is 10.1. The van der Waals surface area contributed by atoms with E-state index < -0.39 is 0 Å². The predicted molar refractivity (Wildman–Crippen MR) is 65.7 cm³/mol. The molecule has 4 heteroatoms. The minimum atomic E-state index is 0.287. The Morgan fingerprint density at radius 2 is 1.94 bits per heavy atom. The number of nitrogens with one attached hydrogen (secondary N) is 1. The summed E-state index contributed by atoms with van der Waals surface area (Å²) in [5.74, 6) is 1.74. The van der Waals surface area contributed by atoms with Crippen molar-refractivity contribution >= 4 is 0 Å². The minimum absolute atomic E-state index is 0.287. The first-order valence-electron chi connectivity index (χ1n) is 6.05. The number of rotatable bonds is 5. The molecular formula is C13H19NO3. The van der Waals surface area contributed by atoms with Gasteiger partial charge in [-0.3, -0.25) is 0 Å². The largest absolute Gasteiger partial charge is 0.494 e. The fourth-order valence-electron chi connectivity index (χ4n) is 1.72. The first-order valence-corrected chi connectivity index (χ1v) is 6.05. The van der Waals surface area contributed by atoms with Gasteiger partial charge in [0.1, 0.15) is 18.1 Å². The van der Waals surface area contributed by atoms with Gasteiger partial charge >= 0.3 is 0 Å². The molecule has 1 aromatic rings. The van der Waals surface area contributed by atoms with Crippen LogP contribution in [-0.2, 0) is 4.74 Å². The third-order valence-electron chi connectivity index (χ3n) is 2.58. The lowest BCUT2D eigenvalue weighted by Crippen LogP contribution is -2.44. The molecule has 0 bridgehead atoms. The molecule has 1 aromatic carbocycles. The Kier molecular flexibility index (Phi) is 4.64. The summed E-state index contributed by atoms with van der Waals surface area (Å²) in [5.41, 5.74) is 0. The fourth-order valence-corrected chi connectivity index (χ4v) is 1.72. The molecule has 0 aromatic heterocycles. The van der Waals surface area contributed by atoms with Gasteiger partial charge in [0.05, 0.1) is 25.9 Å². The second-order valence-corrected chi connectivity index (χ2v) is 3.94. The van der Waals surface area contributed by atoms with E-state index in [1.54, 1.807) is 0 Å². The van der Waals surface area contributed by atoms with E-state index in [-0.39, 0.29) is 6.04 Å². The smallest absolute Gasteiger partial charge is 0.119 e. The summed E-state index contributed by atoms with van der Waals surface area (Å²) in [6.45, 7) is 5.70. The molecule has 0 aliphatic carbocycles. The van der Waals surface area contributed by atoms with Crippen LogP contribution in [-0.4, -0.2) is 39.0 Å². The molecule has 1 heterocycles. The molecule has 1 aliphatic rings. The maximum Gasteiger partial charge on any atom is 0.119 e. The molecule has 1 atom stereocenters. The van der Waals surface area contributed by atoms with Crippen molar-refractivity contribution in [3.63, 3.8) is 0 Å². The van der Waals surface area contributed by atoms with Crippen LogP contribution >= 0.6 is 0 Å². The number of ether oxygens (including phenoxy) is 3. The molecule has 94 valence electrons. The molecule has 0 saturated carbocycles. The van der Waals surface area contributed by atoms with Crippen LogP contribution in [0.25, 0.3) is 0 Å². The van der Waals surface area contributed by atoms with Gasteiger partial charge in [0, 0.05) is 6.54 Å². The zero-order valence-electron chi connectivity index (χ0n) is 10.1. The molecule has 0 radical (unpaired) electrons. The molecule has 17 heavy (non-hydrogen) atoms. The fraction of sp³-hybridized carbons (Fsp3) is 0.538. The van der Waals surface area contributed by atoms with Gasteiger partial charge in [0.15, 0.2) is 0 Å². The zero-order chi connectivity index (χ0) is 11.9. The Balaban J connectivity index is 1.77. The van der Waals surface area contributed by atoms with E-state index in [0.717, 1.165) is 31.3 Å². The first-order chi connectivity index (χ1) is 8.38. The molecule has 1 saturated heterocycles. The van der Waals surface area contributed by atoms with Crippen LogP contribution in [0.2, 0.25) is 0 Å². The van der Waals surface area contributed by atoms with Crippen molar-refractivity contribution in [1.82, 2.24) is 5.32 Å². The highest BCUT2D eigenvalue weighted by molar-refractivity contribution is 5.31. The summed E-state index contributed by atoms with van der Waals surface area (Å²) in [4.78, 5) is 0. The second-order valence-electron chi connectivity index (χ2n) is 3.94. The molecule has 1 fully saturated rings. The van der Waals surface area contributed by atoms with Crippen LogP contribution < -0.4 is 14.8 Å². The SMILES string of the molecule is CCOc1ccc(OCC2COCCN2)cc1. The van der Waals surface area contributed by atoms with Gasteiger partial charge in [-0.15, -0.1) is 0 Å². The third-order valence-corrected chi connectivity index (χ3v) is 2.58. The van der Waals surface area contributed by atoms with Crippen molar-refractivity contribution in [2.24, 2.45) is 0 Å². The summed E-state index contributed by atoms with van der Waals surface area (Å²) < 4.78 is 16.4. The van der Waals surface area contributed by atoms with Crippen LogP contribution in [0.1, 0.15) is 6.92 Å². The van der Waals surface area contributed by atoms with Crippen LogP contribution in [0.4, 0.5) is 0 Å². The highest BCUT2D eigenvalue weighted by Gasteiger charge is 2.13. The van der Waals surface area contributed by atoms with Gasteiger partial charge < -0.3 is 19.5 Å². The maximum atomic E-state index is 5.68. The summed E-state index contributed by atoms with van der Waals surface area (Å²) >= 11 is 0. The van der Waals surface area contributed by atoms with E-state index in [0.29, 0.717) is 13.2 Å². The van der Waals surface area contributed by atoms with E-state index in [1.807, 2.05) is 31.2 Å². The Hall–Kier alpha value is -1.26. The van der Waals surface area contributed by atoms with Gasteiger partial charge in [0.25, 0.3) is 0 Å². The predicted octanol–water partition coefficient (Wildman–Crippen LogP) is 1.45. The monoisotopic (exact) mass is 237 g/mol. The van der Waals surface area contributed by atoms with Gasteiger partial charge in [-0.05, 0) is 31.2 Å². The van der Waals surface area contributed by atoms with Crippen molar-refractivity contribution < 1.29 is 14.2 Å². The highest BCUT2D eigenvalue weighted by atomic mass is 16.5. The summed E-state index contributed by atoms with van der Waals surface area (Å²) in [6.07, 6.45) is 0. The minimum Gasteiger partial charge on any atom is -0.494 e. The van der Waals surface area contributed by atoms with Gasteiger partial charge in [-0.1, -0.05) is 0 Å². The Labute approximate surface area is 102 Å². The van der Waals surface area contributed by atoms with Crippen LogP contribution in [0, 0.1) is 0 Å². The highest BCUT2D eigenvalue weighted by Crippen LogP contribution is 2.17. The first kappa shape index (κ1) is 12.2. The molecule has 4 nitrogen and oxygen atoms in total. The molecule has 1 unspecified atom stereocenters. The van der Waals surface area contributed by atoms with Crippen molar-refractivity contribution in [1.29, 1.82) is 0 Å². The lowest BCUT2D eigenvalue weighted by atomic mass is 10.3. The number of benzene rings is 1. The molecule has 0 amide bonds. The van der Waals surface area contributed by atoms with Crippen molar-refractivity contribution in [3.05, 3.63) is 24.3 Å². The van der Waals surface area contributed by atoms with Crippen LogP contribution in [0.3, 0.4) is 0 Å². The van der Waals surface area contributed by atoms with Gasteiger partial charge in [-0.25, -0.2) is 0 Å². The lowest BCUT2D eigenvalue weighted by molar-refractivity contribution is 0.0592. The second kappa shape index (κ2) is 6.47. The topological polar surface area (TPSA) is 39.7 Å². The summed E-state index contributed by atoms with van der Waals surface area (Å²) in [5, 5.41) is 3.35.